The molecule has 3 nitrogen and oxygen atoms in total. The predicted molar refractivity (Wildman–Crippen MR) is 95.5 cm³/mol. The van der Waals surface area contributed by atoms with Crippen molar-refractivity contribution in [1.29, 1.82) is 0 Å². The van der Waals surface area contributed by atoms with Crippen molar-refractivity contribution in [2.75, 3.05) is 0 Å². The minimum absolute atomic E-state index is 0.205. The van der Waals surface area contributed by atoms with Gasteiger partial charge in [-0.25, -0.2) is 0 Å². The van der Waals surface area contributed by atoms with Gasteiger partial charge in [-0.05, 0) is 18.0 Å². The van der Waals surface area contributed by atoms with Gasteiger partial charge in [0.25, 0.3) is 0 Å². The quantitative estimate of drug-likeness (QED) is 0.802. The molecule has 0 aliphatic carbocycles. The van der Waals surface area contributed by atoms with Crippen molar-refractivity contribution >= 4 is 19.2 Å². The second-order valence-corrected chi connectivity index (χ2v) is 11.2. The van der Waals surface area contributed by atoms with Crippen molar-refractivity contribution in [3.8, 4) is 0 Å². The van der Waals surface area contributed by atoms with Gasteiger partial charge < -0.3 is 10.2 Å². The molecule has 3 atom stereocenters. The first kappa shape index (κ1) is 17.4. The standard InChI is InChI=1S/C19H24O3Si/c1-14(20)17(19(21)22)18(15-10-6-4-7-11-15)23(2,3)16-12-8-5-9-13-16/h4-14,17-18,20H,1-3H3,(H,21,22)/t14-,17-,18+/m0/s1. The Morgan fingerprint density at radius 2 is 1.43 bits per heavy atom. The minimum Gasteiger partial charge on any atom is -0.481 e. The molecule has 0 unspecified atom stereocenters. The zero-order valence-corrected chi connectivity index (χ0v) is 14.8. The zero-order chi connectivity index (χ0) is 17.0. The number of carboxylic acid groups (broad SMARTS) is 1. The second kappa shape index (κ2) is 7.11. The van der Waals surface area contributed by atoms with Crippen molar-refractivity contribution in [3.05, 3.63) is 66.2 Å². The van der Waals surface area contributed by atoms with Crippen LogP contribution in [0.15, 0.2) is 60.7 Å². The molecule has 2 N–H and O–H groups in total. The number of carbonyl (C=O) groups is 1. The lowest BCUT2D eigenvalue weighted by Gasteiger charge is -2.38. The van der Waals surface area contributed by atoms with Gasteiger partial charge >= 0.3 is 5.97 Å². The Labute approximate surface area is 138 Å². The molecule has 2 aromatic rings. The number of aliphatic carboxylic acids is 1. The average molecular weight is 328 g/mol. The van der Waals surface area contributed by atoms with Gasteiger partial charge in [0.15, 0.2) is 0 Å². The van der Waals surface area contributed by atoms with Crippen LogP contribution in [0.2, 0.25) is 13.1 Å². The van der Waals surface area contributed by atoms with Crippen LogP contribution in [0.3, 0.4) is 0 Å². The fourth-order valence-corrected chi connectivity index (χ4v) is 7.16. The maximum atomic E-state index is 11.9. The molecule has 0 fully saturated rings. The summed E-state index contributed by atoms with van der Waals surface area (Å²) in [6, 6.07) is 19.8. The summed E-state index contributed by atoms with van der Waals surface area (Å²) in [6.45, 7) is 5.93. The molecule has 0 aliphatic rings. The lowest BCUT2D eigenvalue weighted by molar-refractivity contribution is -0.145. The molecule has 2 rings (SSSR count). The SMILES string of the molecule is C[C@H](O)[C@H](C(=O)O)[C@@H](c1ccccc1)[Si](C)(C)c1ccccc1. The van der Waals surface area contributed by atoms with Gasteiger partial charge in [-0.1, -0.05) is 78.9 Å². The minimum atomic E-state index is -2.18. The summed E-state index contributed by atoms with van der Waals surface area (Å²) in [7, 11) is -2.18. The summed E-state index contributed by atoms with van der Waals surface area (Å²) in [5.41, 5.74) is 0.782. The maximum absolute atomic E-state index is 11.9. The van der Waals surface area contributed by atoms with Crippen LogP contribution in [0.5, 0.6) is 0 Å². The van der Waals surface area contributed by atoms with Crippen LogP contribution in [-0.2, 0) is 4.79 Å². The molecule has 0 saturated carbocycles. The molecule has 0 saturated heterocycles. The third-order valence-electron chi connectivity index (χ3n) is 4.62. The van der Waals surface area contributed by atoms with E-state index in [0.29, 0.717) is 0 Å². The van der Waals surface area contributed by atoms with Crippen molar-refractivity contribution in [2.24, 2.45) is 5.92 Å². The van der Waals surface area contributed by atoms with Crippen LogP contribution >= 0.6 is 0 Å². The normalized spacial score (nSPS) is 15.7. The van der Waals surface area contributed by atoms with E-state index in [9.17, 15) is 15.0 Å². The van der Waals surface area contributed by atoms with E-state index >= 15 is 0 Å². The average Bonchev–Trinajstić information content (AvgIpc) is 2.53. The molecule has 0 heterocycles. The first-order valence-electron chi connectivity index (χ1n) is 7.87. The van der Waals surface area contributed by atoms with Gasteiger partial charge in [0.2, 0.25) is 0 Å². The van der Waals surface area contributed by atoms with Crippen LogP contribution in [0.1, 0.15) is 18.0 Å². The number of carboxylic acids is 1. The van der Waals surface area contributed by atoms with Crippen LogP contribution in [0.4, 0.5) is 0 Å². The van der Waals surface area contributed by atoms with E-state index in [1.54, 1.807) is 6.92 Å². The van der Waals surface area contributed by atoms with Gasteiger partial charge in [0, 0.05) is 0 Å². The van der Waals surface area contributed by atoms with Crippen molar-refractivity contribution in [1.82, 2.24) is 0 Å². The lowest BCUT2D eigenvalue weighted by Crippen LogP contribution is -2.53. The Morgan fingerprint density at radius 1 is 0.957 bits per heavy atom. The van der Waals surface area contributed by atoms with Crippen LogP contribution in [-0.4, -0.2) is 30.4 Å². The highest BCUT2D eigenvalue weighted by Crippen LogP contribution is 2.36. The van der Waals surface area contributed by atoms with E-state index < -0.39 is 26.1 Å². The molecule has 2 aromatic carbocycles. The van der Waals surface area contributed by atoms with Gasteiger partial charge in [-0.2, -0.15) is 0 Å². The molecule has 0 aliphatic heterocycles. The molecule has 122 valence electrons. The fourth-order valence-electron chi connectivity index (χ4n) is 3.41. The monoisotopic (exact) mass is 328 g/mol. The number of rotatable bonds is 6. The summed E-state index contributed by atoms with van der Waals surface area (Å²) in [4.78, 5) is 11.9. The van der Waals surface area contributed by atoms with Gasteiger partial charge in [-0.3, -0.25) is 4.79 Å². The van der Waals surface area contributed by atoms with Gasteiger partial charge in [0.05, 0.1) is 20.1 Å². The largest absolute Gasteiger partial charge is 0.481 e. The second-order valence-electron chi connectivity index (χ2n) is 6.58. The Kier molecular flexibility index (Phi) is 5.39. The molecule has 0 bridgehead atoms. The highest BCUT2D eigenvalue weighted by Gasteiger charge is 2.44. The summed E-state index contributed by atoms with van der Waals surface area (Å²) in [5.74, 6) is -1.76. The van der Waals surface area contributed by atoms with Crippen LogP contribution in [0, 0.1) is 5.92 Å². The van der Waals surface area contributed by atoms with Crippen LogP contribution in [0.25, 0.3) is 0 Å². The van der Waals surface area contributed by atoms with Crippen molar-refractivity contribution < 1.29 is 15.0 Å². The third kappa shape index (κ3) is 3.71. The van der Waals surface area contributed by atoms with Crippen molar-refractivity contribution in [3.63, 3.8) is 0 Å². The Morgan fingerprint density at radius 3 is 1.87 bits per heavy atom. The van der Waals surface area contributed by atoms with E-state index in [1.165, 1.54) is 5.19 Å². The number of hydrogen-bond donors (Lipinski definition) is 2. The molecule has 23 heavy (non-hydrogen) atoms. The fraction of sp³-hybridized carbons (Fsp3) is 0.316. The van der Waals surface area contributed by atoms with Gasteiger partial charge in [0.1, 0.15) is 0 Å². The summed E-state index contributed by atoms with van der Waals surface area (Å²) < 4.78 is 0. The number of benzene rings is 2. The zero-order valence-electron chi connectivity index (χ0n) is 13.8. The molecular weight excluding hydrogens is 304 g/mol. The summed E-state index contributed by atoms with van der Waals surface area (Å²) >= 11 is 0. The number of aliphatic hydroxyl groups is 1. The number of aliphatic hydroxyl groups excluding tert-OH is 1. The molecular formula is C19H24O3Si. The number of hydrogen-bond acceptors (Lipinski definition) is 2. The Bertz CT molecular complexity index is 638. The third-order valence-corrected chi connectivity index (χ3v) is 8.69. The van der Waals surface area contributed by atoms with E-state index in [4.69, 9.17) is 0 Å². The van der Waals surface area contributed by atoms with Crippen molar-refractivity contribution in [2.45, 2.75) is 31.7 Å². The van der Waals surface area contributed by atoms with E-state index in [0.717, 1.165) is 5.56 Å². The van der Waals surface area contributed by atoms with E-state index in [2.05, 4.69) is 25.2 Å². The molecule has 0 spiro atoms. The first-order chi connectivity index (χ1) is 10.9. The molecule has 0 aromatic heterocycles. The predicted octanol–water partition coefficient (Wildman–Crippen LogP) is 3.01. The van der Waals surface area contributed by atoms with Crippen LogP contribution < -0.4 is 5.19 Å². The lowest BCUT2D eigenvalue weighted by atomic mass is 9.94. The Hall–Kier alpha value is -1.91. The smallest absolute Gasteiger partial charge is 0.309 e. The Balaban J connectivity index is 2.60. The highest BCUT2D eigenvalue weighted by molar-refractivity contribution is 6.91. The first-order valence-corrected chi connectivity index (χ1v) is 10.9. The molecule has 4 heteroatoms. The van der Waals surface area contributed by atoms with E-state index in [1.807, 2.05) is 48.5 Å². The van der Waals surface area contributed by atoms with E-state index in [-0.39, 0.29) is 5.54 Å². The van der Waals surface area contributed by atoms with Gasteiger partial charge in [-0.15, -0.1) is 0 Å². The maximum Gasteiger partial charge on any atom is 0.309 e. The molecule has 0 amide bonds. The topological polar surface area (TPSA) is 57.5 Å². The summed E-state index contributed by atoms with van der Waals surface area (Å²) in [5, 5.41) is 21.1. The molecule has 0 radical (unpaired) electrons. The summed E-state index contributed by atoms with van der Waals surface area (Å²) in [6.07, 6.45) is -0.909. The highest BCUT2D eigenvalue weighted by atomic mass is 28.3.